The Kier molecular flexibility index (Phi) is 8.29. The standard InChI is InChI=1S/C18H25N3O2.C2H2O4/c1-3-22-14-13-21-11-9-18(10-12-21,16-7-5-4-6-8-16)17-19-15(2)20-23-17;3-1(4)2(5)6/h4-8H,3,9-14H2,1-2H3;(H,3,4)(H,5,6). The lowest BCUT2D eigenvalue weighted by atomic mass is 9.72. The van der Waals surface area contributed by atoms with Crippen LogP contribution in [-0.2, 0) is 19.7 Å². The Bertz CT molecular complexity index is 773. The minimum absolute atomic E-state index is 0.162. The molecule has 1 aromatic carbocycles. The molecule has 1 saturated heterocycles. The average Bonchev–Trinajstić information content (AvgIpc) is 3.17. The molecule has 0 saturated carbocycles. The molecule has 0 radical (unpaired) electrons. The van der Waals surface area contributed by atoms with Crippen molar-refractivity contribution in [3.63, 3.8) is 0 Å². The first-order valence-corrected chi connectivity index (χ1v) is 9.51. The number of likely N-dealkylation sites (tertiary alicyclic amines) is 1. The third kappa shape index (κ3) is 6.10. The van der Waals surface area contributed by atoms with Gasteiger partial charge in [0.1, 0.15) is 0 Å². The second kappa shape index (κ2) is 10.7. The smallest absolute Gasteiger partial charge is 0.414 e. The number of rotatable bonds is 6. The summed E-state index contributed by atoms with van der Waals surface area (Å²) in [5.41, 5.74) is 1.11. The third-order valence-corrected chi connectivity index (χ3v) is 4.91. The lowest BCUT2D eigenvalue weighted by Gasteiger charge is -2.39. The van der Waals surface area contributed by atoms with Crippen molar-refractivity contribution in [1.29, 1.82) is 0 Å². The molecule has 1 aliphatic rings. The van der Waals surface area contributed by atoms with Crippen LogP contribution in [0, 0.1) is 6.92 Å². The zero-order chi connectivity index (χ0) is 21.3. The van der Waals surface area contributed by atoms with Crippen LogP contribution in [0.4, 0.5) is 0 Å². The van der Waals surface area contributed by atoms with Gasteiger partial charge in [0.2, 0.25) is 5.89 Å². The average molecular weight is 405 g/mol. The first kappa shape index (κ1) is 22.5. The maximum absolute atomic E-state index is 9.10. The summed E-state index contributed by atoms with van der Waals surface area (Å²) in [6.07, 6.45) is 1.98. The van der Waals surface area contributed by atoms with Crippen LogP contribution in [0.1, 0.15) is 37.0 Å². The number of nitrogens with zero attached hydrogens (tertiary/aromatic N) is 3. The Morgan fingerprint density at radius 3 is 2.28 bits per heavy atom. The maximum atomic E-state index is 9.10. The molecule has 0 atom stereocenters. The first-order valence-electron chi connectivity index (χ1n) is 9.51. The first-order chi connectivity index (χ1) is 13.9. The highest BCUT2D eigenvalue weighted by molar-refractivity contribution is 6.27. The molecule has 9 heteroatoms. The predicted octanol–water partition coefficient (Wildman–Crippen LogP) is 1.95. The fourth-order valence-electron chi connectivity index (χ4n) is 3.37. The maximum Gasteiger partial charge on any atom is 0.414 e. The fraction of sp³-hybridized carbons (Fsp3) is 0.500. The van der Waals surface area contributed by atoms with Crippen LogP contribution < -0.4 is 0 Å². The van der Waals surface area contributed by atoms with E-state index in [1.807, 2.05) is 19.9 Å². The number of carboxylic acid groups (broad SMARTS) is 2. The zero-order valence-corrected chi connectivity index (χ0v) is 16.7. The van der Waals surface area contributed by atoms with E-state index in [0.717, 1.165) is 51.6 Å². The van der Waals surface area contributed by atoms with Gasteiger partial charge in [-0.3, -0.25) is 0 Å². The van der Waals surface area contributed by atoms with E-state index in [-0.39, 0.29) is 5.41 Å². The summed E-state index contributed by atoms with van der Waals surface area (Å²) in [6.45, 7) is 8.52. The summed E-state index contributed by atoms with van der Waals surface area (Å²) in [7, 11) is 0. The molecule has 1 aliphatic heterocycles. The molecule has 3 rings (SSSR count). The normalized spacial score (nSPS) is 15.9. The molecule has 0 spiro atoms. The van der Waals surface area contributed by atoms with Crippen molar-refractivity contribution < 1.29 is 29.1 Å². The topological polar surface area (TPSA) is 126 Å². The van der Waals surface area contributed by atoms with Gasteiger partial charge in [-0.25, -0.2) is 9.59 Å². The van der Waals surface area contributed by atoms with E-state index >= 15 is 0 Å². The number of hydrogen-bond donors (Lipinski definition) is 2. The molecule has 2 N–H and O–H groups in total. The van der Waals surface area contributed by atoms with Gasteiger partial charge in [-0.05, 0) is 45.3 Å². The zero-order valence-electron chi connectivity index (χ0n) is 16.7. The van der Waals surface area contributed by atoms with Gasteiger partial charge in [0.15, 0.2) is 5.82 Å². The predicted molar refractivity (Wildman–Crippen MR) is 104 cm³/mol. The lowest BCUT2D eigenvalue weighted by molar-refractivity contribution is -0.159. The molecule has 0 unspecified atom stereocenters. The van der Waals surface area contributed by atoms with Crippen molar-refractivity contribution in [2.24, 2.45) is 0 Å². The van der Waals surface area contributed by atoms with Crippen molar-refractivity contribution in [3.8, 4) is 0 Å². The number of piperidine rings is 1. The van der Waals surface area contributed by atoms with E-state index in [4.69, 9.17) is 29.1 Å². The van der Waals surface area contributed by atoms with E-state index in [2.05, 4.69) is 39.3 Å². The number of carboxylic acids is 2. The molecule has 0 aliphatic carbocycles. The van der Waals surface area contributed by atoms with E-state index in [1.165, 1.54) is 5.56 Å². The van der Waals surface area contributed by atoms with Crippen LogP contribution in [0.3, 0.4) is 0 Å². The number of ether oxygens (including phenoxy) is 1. The molecule has 1 aromatic heterocycles. The number of aromatic nitrogens is 2. The molecule has 29 heavy (non-hydrogen) atoms. The molecular weight excluding hydrogens is 378 g/mol. The fourth-order valence-corrected chi connectivity index (χ4v) is 3.37. The Morgan fingerprint density at radius 1 is 1.17 bits per heavy atom. The van der Waals surface area contributed by atoms with Crippen LogP contribution in [0.2, 0.25) is 0 Å². The molecule has 1 fully saturated rings. The summed E-state index contributed by atoms with van der Waals surface area (Å²) in [5, 5.41) is 18.8. The molecule has 158 valence electrons. The summed E-state index contributed by atoms with van der Waals surface area (Å²) in [6, 6.07) is 10.6. The van der Waals surface area contributed by atoms with Gasteiger partial charge in [-0.1, -0.05) is 35.5 Å². The molecule has 2 heterocycles. The minimum Gasteiger partial charge on any atom is -0.473 e. The largest absolute Gasteiger partial charge is 0.473 e. The molecule has 2 aromatic rings. The van der Waals surface area contributed by atoms with Gasteiger partial charge >= 0.3 is 11.9 Å². The van der Waals surface area contributed by atoms with Crippen LogP contribution in [-0.4, -0.2) is 70.0 Å². The van der Waals surface area contributed by atoms with Gasteiger partial charge in [-0.2, -0.15) is 4.98 Å². The van der Waals surface area contributed by atoms with Crippen molar-refractivity contribution in [2.45, 2.75) is 32.1 Å². The molecular formula is C20H27N3O6. The van der Waals surface area contributed by atoms with Gasteiger partial charge in [-0.15, -0.1) is 0 Å². The van der Waals surface area contributed by atoms with Crippen LogP contribution in [0.5, 0.6) is 0 Å². The van der Waals surface area contributed by atoms with Crippen molar-refractivity contribution in [1.82, 2.24) is 15.0 Å². The highest BCUT2D eigenvalue weighted by atomic mass is 16.5. The van der Waals surface area contributed by atoms with Crippen LogP contribution in [0.25, 0.3) is 0 Å². The van der Waals surface area contributed by atoms with Gasteiger partial charge in [0.25, 0.3) is 0 Å². The number of aliphatic carboxylic acids is 2. The lowest BCUT2D eigenvalue weighted by Crippen LogP contribution is -2.44. The van der Waals surface area contributed by atoms with E-state index < -0.39 is 11.9 Å². The van der Waals surface area contributed by atoms with Crippen LogP contribution >= 0.6 is 0 Å². The second-order valence-electron chi connectivity index (χ2n) is 6.74. The molecule has 9 nitrogen and oxygen atoms in total. The Balaban J connectivity index is 0.000000438. The van der Waals surface area contributed by atoms with E-state index in [9.17, 15) is 0 Å². The van der Waals surface area contributed by atoms with Gasteiger partial charge in [0.05, 0.1) is 12.0 Å². The van der Waals surface area contributed by atoms with Crippen molar-refractivity contribution in [2.75, 3.05) is 32.8 Å². The van der Waals surface area contributed by atoms with Crippen molar-refractivity contribution >= 4 is 11.9 Å². The monoisotopic (exact) mass is 405 g/mol. The number of aryl methyl sites for hydroxylation is 1. The SMILES string of the molecule is CCOCCN1CCC(c2ccccc2)(c2nc(C)no2)CC1.O=C(O)C(=O)O. The molecule has 0 bridgehead atoms. The number of benzene rings is 1. The Morgan fingerprint density at radius 2 is 1.79 bits per heavy atom. The number of hydrogen-bond acceptors (Lipinski definition) is 7. The summed E-state index contributed by atoms with van der Waals surface area (Å²) < 4.78 is 11.1. The van der Waals surface area contributed by atoms with Crippen LogP contribution in [0.15, 0.2) is 34.9 Å². The quantitative estimate of drug-likeness (QED) is 0.548. The second-order valence-corrected chi connectivity index (χ2v) is 6.74. The summed E-state index contributed by atoms with van der Waals surface area (Å²) >= 11 is 0. The molecule has 0 amide bonds. The Labute approximate surface area is 169 Å². The number of carbonyl (C=O) groups is 2. The van der Waals surface area contributed by atoms with Gasteiger partial charge < -0.3 is 24.4 Å². The highest BCUT2D eigenvalue weighted by Crippen LogP contribution is 2.40. The summed E-state index contributed by atoms with van der Waals surface area (Å²) in [4.78, 5) is 25.2. The third-order valence-electron chi connectivity index (χ3n) is 4.91. The highest BCUT2D eigenvalue weighted by Gasteiger charge is 2.42. The van der Waals surface area contributed by atoms with Crippen molar-refractivity contribution in [3.05, 3.63) is 47.6 Å². The Hall–Kier alpha value is -2.78. The minimum atomic E-state index is -1.82. The van der Waals surface area contributed by atoms with Gasteiger partial charge in [0, 0.05) is 13.2 Å². The summed E-state index contributed by atoms with van der Waals surface area (Å²) in [5.74, 6) is -2.19. The van der Waals surface area contributed by atoms with E-state index in [0.29, 0.717) is 5.82 Å². The van der Waals surface area contributed by atoms with E-state index in [1.54, 1.807) is 0 Å².